The fourth-order valence-corrected chi connectivity index (χ4v) is 2.15. The number of aliphatic carboxylic acids is 1. The van der Waals surface area contributed by atoms with E-state index in [0.717, 1.165) is 4.47 Å². The van der Waals surface area contributed by atoms with Gasteiger partial charge in [0, 0.05) is 4.47 Å². The number of nitrogens with one attached hydrogen (secondary N) is 1. The maximum absolute atomic E-state index is 11.9. The SMILES string of the molecule is CC[C@@H](C(=O)O)N(C)CC(=O)Nc1ccccc1Br. The zero-order chi connectivity index (χ0) is 14.4. The largest absolute Gasteiger partial charge is 0.480 e. The highest BCUT2D eigenvalue weighted by Gasteiger charge is 2.22. The van der Waals surface area contributed by atoms with Gasteiger partial charge < -0.3 is 10.4 Å². The van der Waals surface area contributed by atoms with Gasteiger partial charge in [-0.25, -0.2) is 0 Å². The number of hydrogen-bond donors (Lipinski definition) is 2. The van der Waals surface area contributed by atoms with Crippen molar-refractivity contribution in [1.29, 1.82) is 0 Å². The predicted octanol–water partition coefficient (Wildman–Crippen LogP) is 2.18. The summed E-state index contributed by atoms with van der Waals surface area (Å²) in [6.07, 6.45) is 0.453. The van der Waals surface area contributed by atoms with Crippen LogP contribution < -0.4 is 5.32 Å². The van der Waals surface area contributed by atoms with E-state index in [2.05, 4.69) is 21.2 Å². The highest BCUT2D eigenvalue weighted by atomic mass is 79.9. The van der Waals surface area contributed by atoms with E-state index in [4.69, 9.17) is 5.11 Å². The van der Waals surface area contributed by atoms with Gasteiger partial charge in [0.2, 0.25) is 5.91 Å². The van der Waals surface area contributed by atoms with Gasteiger partial charge in [-0.1, -0.05) is 19.1 Å². The fraction of sp³-hybridized carbons (Fsp3) is 0.385. The number of carbonyl (C=O) groups excluding carboxylic acids is 1. The minimum absolute atomic E-state index is 0.0339. The molecule has 0 radical (unpaired) electrons. The summed E-state index contributed by atoms with van der Waals surface area (Å²) in [6.45, 7) is 1.81. The first-order valence-corrected chi connectivity index (χ1v) is 6.72. The Morgan fingerprint density at radius 1 is 1.42 bits per heavy atom. The van der Waals surface area contributed by atoms with Crippen molar-refractivity contribution in [1.82, 2.24) is 4.90 Å². The van der Waals surface area contributed by atoms with Crippen molar-refractivity contribution in [2.45, 2.75) is 19.4 Å². The molecule has 0 aliphatic heterocycles. The Hall–Kier alpha value is -1.40. The van der Waals surface area contributed by atoms with E-state index in [1.807, 2.05) is 18.2 Å². The van der Waals surface area contributed by atoms with Crippen LogP contribution >= 0.6 is 15.9 Å². The summed E-state index contributed by atoms with van der Waals surface area (Å²) in [5, 5.41) is 11.7. The van der Waals surface area contributed by atoms with Crippen molar-refractivity contribution in [3.63, 3.8) is 0 Å². The zero-order valence-electron chi connectivity index (χ0n) is 10.9. The standard InChI is InChI=1S/C13H17BrN2O3/c1-3-11(13(18)19)16(2)8-12(17)15-10-7-5-4-6-9(10)14/h4-7,11H,3,8H2,1-2H3,(H,15,17)(H,18,19)/t11-/m0/s1. The first-order valence-electron chi connectivity index (χ1n) is 5.93. The molecule has 0 aromatic heterocycles. The van der Waals surface area contributed by atoms with E-state index < -0.39 is 12.0 Å². The van der Waals surface area contributed by atoms with Crippen molar-refractivity contribution >= 4 is 33.5 Å². The molecule has 0 fully saturated rings. The van der Waals surface area contributed by atoms with Gasteiger partial charge in [-0.15, -0.1) is 0 Å². The van der Waals surface area contributed by atoms with E-state index in [0.29, 0.717) is 12.1 Å². The average Bonchev–Trinajstić information content (AvgIpc) is 2.32. The molecule has 2 N–H and O–H groups in total. The van der Waals surface area contributed by atoms with E-state index in [9.17, 15) is 9.59 Å². The van der Waals surface area contributed by atoms with Gasteiger partial charge in [-0.2, -0.15) is 0 Å². The van der Waals surface area contributed by atoms with Crippen LogP contribution in [0.25, 0.3) is 0 Å². The molecule has 0 unspecified atom stereocenters. The summed E-state index contributed by atoms with van der Waals surface area (Å²) in [4.78, 5) is 24.4. The van der Waals surface area contributed by atoms with Crippen LogP contribution in [-0.4, -0.2) is 41.5 Å². The van der Waals surface area contributed by atoms with Crippen molar-refractivity contribution in [2.75, 3.05) is 18.9 Å². The lowest BCUT2D eigenvalue weighted by molar-refractivity contribution is -0.143. The third kappa shape index (κ3) is 4.65. The molecule has 0 spiro atoms. The Balaban J connectivity index is 2.61. The number of benzene rings is 1. The third-order valence-corrected chi connectivity index (χ3v) is 3.44. The van der Waals surface area contributed by atoms with Gasteiger partial charge in [-0.05, 0) is 41.5 Å². The molecule has 1 aromatic carbocycles. The second-order valence-corrected chi connectivity index (χ2v) is 5.06. The zero-order valence-corrected chi connectivity index (χ0v) is 12.5. The molecular formula is C13H17BrN2O3. The summed E-state index contributed by atoms with van der Waals surface area (Å²) < 4.78 is 0.788. The van der Waals surface area contributed by atoms with E-state index in [1.165, 1.54) is 4.90 Å². The second-order valence-electron chi connectivity index (χ2n) is 4.21. The summed E-state index contributed by atoms with van der Waals surface area (Å²) in [7, 11) is 1.63. The van der Waals surface area contributed by atoms with E-state index in [-0.39, 0.29) is 12.5 Å². The topological polar surface area (TPSA) is 69.6 Å². The van der Waals surface area contributed by atoms with Gasteiger partial charge in [-0.3, -0.25) is 14.5 Å². The molecule has 5 nitrogen and oxygen atoms in total. The Bertz CT molecular complexity index is 465. The highest BCUT2D eigenvalue weighted by molar-refractivity contribution is 9.10. The number of carboxylic acids is 1. The van der Waals surface area contributed by atoms with Crippen LogP contribution in [0.2, 0.25) is 0 Å². The molecule has 0 bridgehead atoms. The number of anilines is 1. The first kappa shape index (κ1) is 15.7. The van der Waals surface area contributed by atoms with Gasteiger partial charge in [0.25, 0.3) is 0 Å². The van der Waals surface area contributed by atoms with Gasteiger partial charge >= 0.3 is 5.97 Å². The molecule has 0 saturated heterocycles. The number of hydrogen-bond acceptors (Lipinski definition) is 3. The number of para-hydroxylation sites is 1. The second kappa shape index (κ2) is 7.25. The summed E-state index contributed by atoms with van der Waals surface area (Å²) in [5.74, 6) is -1.16. The Morgan fingerprint density at radius 2 is 2.05 bits per heavy atom. The predicted molar refractivity (Wildman–Crippen MR) is 77.1 cm³/mol. The molecule has 6 heteroatoms. The third-order valence-electron chi connectivity index (χ3n) is 2.74. The van der Waals surface area contributed by atoms with Crippen LogP contribution in [-0.2, 0) is 9.59 Å². The molecule has 1 amide bonds. The summed E-state index contributed by atoms with van der Waals surface area (Å²) in [5.41, 5.74) is 0.671. The fourth-order valence-electron chi connectivity index (χ4n) is 1.76. The van der Waals surface area contributed by atoms with Gasteiger partial charge in [0.05, 0.1) is 12.2 Å². The minimum Gasteiger partial charge on any atom is -0.480 e. The lowest BCUT2D eigenvalue weighted by Crippen LogP contribution is -2.42. The quantitative estimate of drug-likeness (QED) is 0.839. The van der Waals surface area contributed by atoms with Crippen molar-refractivity contribution in [2.24, 2.45) is 0 Å². The maximum atomic E-state index is 11.9. The molecule has 104 valence electrons. The van der Waals surface area contributed by atoms with Crippen molar-refractivity contribution in [3.05, 3.63) is 28.7 Å². The van der Waals surface area contributed by atoms with Crippen LogP contribution in [0.1, 0.15) is 13.3 Å². The highest BCUT2D eigenvalue weighted by Crippen LogP contribution is 2.21. The number of carbonyl (C=O) groups is 2. The van der Waals surface area contributed by atoms with Crippen LogP contribution in [0.15, 0.2) is 28.7 Å². The summed E-state index contributed by atoms with van der Waals surface area (Å²) in [6, 6.07) is 6.62. The molecule has 1 atom stereocenters. The van der Waals surface area contributed by atoms with Gasteiger partial charge in [0.1, 0.15) is 6.04 Å². The minimum atomic E-state index is -0.918. The normalized spacial score (nSPS) is 12.2. The molecule has 0 aliphatic carbocycles. The summed E-state index contributed by atoms with van der Waals surface area (Å²) >= 11 is 3.33. The molecule has 0 saturated carbocycles. The Labute approximate surface area is 120 Å². The van der Waals surface area contributed by atoms with Gasteiger partial charge in [0.15, 0.2) is 0 Å². The lowest BCUT2D eigenvalue weighted by Gasteiger charge is -2.22. The Kier molecular flexibility index (Phi) is 5.98. The van der Waals surface area contributed by atoms with E-state index in [1.54, 1.807) is 20.0 Å². The number of nitrogens with zero attached hydrogens (tertiary/aromatic N) is 1. The number of likely N-dealkylation sites (N-methyl/N-ethyl adjacent to an activating group) is 1. The molecular weight excluding hydrogens is 312 g/mol. The van der Waals surface area contributed by atoms with E-state index >= 15 is 0 Å². The molecule has 1 aromatic rings. The lowest BCUT2D eigenvalue weighted by atomic mass is 10.2. The van der Waals surface area contributed by atoms with Crippen molar-refractivity contribution < 1.29 is 14.7 Å². The molecule has 19 heavy (non-hydrogen) atoms. The van der Waals surface area contributed by atoms with Crippen molar-refractivity contribution in [3.8, 4) is 0 Å². The number of amides is 1. The molecule has 0 aliphatic rings. The monoisotopic (exact) mass is 328 g/mol. The number of rotatable bonds is 6. The van der Waals surface area contributed by atoms with Crippen LogP contribution in [0.4, 0.5) is 5.69 Å². The number of carboxylic acid groups (broad SMARTS) is 1. The Morgan fingerprint density at radius 3 is 2.58 bits per heavy atom. The van der Waals surface area contributed by atoms with Crippen LogP contribution in [0.3, 0.4) is 0 Å². The average molecular weight is 329 g/mol. The van der Waals surface area contributed by atoms with Crippen LogP contribution in [0.5, 0.6) is 0 Å². The number of halogens is 1. The van der Waals surface area contributed by atoms with Crippen LogP contribution in [0, 0.1) is 0 Å². The first-order chi connectivity index (χ1) is 8.95. The maximum Gasteiger partial charge on any atom is 0.320 e. The molecule has 0 heterocycles. The molecule has 1 rings (SSSR count). The smallest absolute Gasteiger partial charge is 0.320 e.